The zero-order valence-electron chi connectivity index (χ0n) is 15.5. The van der Waals surface area contributed by atoms with E-state index < -0.39 is 11.7 Å². The van der Waals surface area contributed by atoms with Gasteiger partial charge in [0, 0.05) is 32.6 Å². The summed E-state index contributed by atoms with van der Waals surface area (Å²) in [5.41, 5.74) is 0.916. The smallest absolute Gasteiger partial charge is 0.257 e. The van der Waals surface area contributed by atoms with E-state index in [4.69, 9.17) is 4.74 Å². The third-order valence-corrected chi connectivity index (χ3v) is 4.36. The van der Waals surface area contributed by atoms with Gasteiger partial charge in [-0.25, -0.2) is 13.8 Å². The van der Waals surface area contributed by atoms with Crippen LogP contribution in [0.4, 0.5) is 8.78 Å². The molecule has 0 atom stereocenters. The summed E-state index contributed by atoms with van der Waals surface area (Å²) in [6, 6.07) is 12.1. The van der Waals surface area contributed by atoms with E-state index in [9.17, 15) is 13.6 Å². The Hall–Kier alpha value is -3.06. The number of carbonyl (C=O) groups excluding carboxylic acids is 1. The zero-order valence-corrected chi connectivity index (χ0v) is 15.5. The fraction of sp³-hybridized carbons (Fsp3) is 0.238. The van der Waals surface area contributed by atoms with E-state index in [1.54, 1.807) is 43.8 Å². The Morgan fingerprint density at radius 2 is 1.89 bits per heavy atom. The van der Waals surface area contributed by atoms with E-state index in [0.717, 1.165) is 5.56 Å². The second-order valence-electron chi connectivity index (χ2n) is 6.30. The molecule has 1 heterocycles. The van der Waals surface area contributed by atoms with E-state index in [-0.39, 0.29) is 17.9 Å². The third kappa shape index (κ3) is 4.80. The van der Waals surface area contributed by atoms with Crippen LogP contribution >= 0.6 is 0 Å². The largest absolute Gasteiger partial charge is 0.383 e. The normalized spacial score (nSPS) is 10.8. The van der Waals surface area contributed by atoms with Crippen LogP contribution in [0.25, 0.3) is 0 Å². The van der Waals surface area contributed by atoms with Crippen molar-refractivity contribution in [2.45, 2.75) is 13.1 Å². The highest BCUT2D eigenvalue weighted by atomic mass is 19.1. The standard InChI is InChI=1S/C21H21F2N3O2/c1-28-13-12-26(21(27)18-4-2-3-5-19(18)23)15-20-24-10-11-25(20)14-16-6-8-17(22)9-7-16/h2-11H,12-15H2,1H3. The van der Waals surface area contributed by atoms with E-state index in [0.29, 0.717) is 25.5 Å². The average molecular weight is 385 g/mol. The number of methoxy groups -OCH3 is 1. The zero-order chi connectivity index (χ0) is 19.9. The summed E-state index contributed by atoms with van der Waals surface area (Å²) < 4.78 is 34.2. The number of carbonyl (C=O) groups is 1. The van der Waals surface area contributed by atoms with Crippen molar-refractivity contribution in [3.05, 3.63) is 89.5 Å². The van der Waals surface area contributed by atoms with Crippen molar-refractivity contribution in [1.29, 1.82) is 0 Å². The summed E-state index contributed by atoms with van der Waals surface area (Å²) in [7, 11) is 1.54. The molecule has 3 rings (SSSR count). The van der Waals surface area contributed by atoms with Gasteiger partial charge in [-0.3, -0.25) is 4.79 Å². The van der Waals surface area contributed by atoms with E-state index >= 15 is 0 Å². The Labute approximate surface area is 162 Å². The second kappa shape index (κ2) is 9.23. The fourth-order valence-corrected chi connectivity index (χ4v) is 2.85. The van der Waals surface area contributed by atoms with Gasteiger partial charge in [0.25, 0.3) is 5.91 Å². The Balaban J connectivity index is 1.80. The first-order chi connectivity index (χ1) is 13.6. The molecular formula is C21H21F2N3O2. The van der Waals surface area contributed by atoms with Gasteiger partial charge >= 0.3 is 0 Å². The number of aromatic nitrogens is 2. The summed E-state index contributed by atoms with van der Waals surface area (Å²) >= 11 is 0. The van der Waals surface area contributed by atoms with Crippen LogP contribution in [-0.4, -0.2) is 40.6 Å². The van der Waals surface area contributed by atoms with E-state index in [2.05, 4.69) is 4.98 Å². The van der Waals surface area contributed by atoms with Crippen LogP contribution in [0.15, 0.2) is 60.9 Å². The van der Waals surface area contributed by atoms with Crippen molar-refractivity contribution in [3.63, 3.8) is 0 Å². The molecule has 146 valence electrons. The summed E-state index contributed by atoms with van der Waals surface area (Å²) in [6.07, 6.45) is 3.43. The SMILES string of the molecule is COCCN(Cc1nccn1Cc1ccc(F)cc1)C(=O)c1ccccc1F. The van der Waals surface area contributed by atoms with Crippen molar-refractivity contribution < 1.29 is 18.3 Å². The first kappa shape index (κ1) is 19.7. The molecule has 0 unspecified atom stereocenters. The highest BCUT2D eigenvalue weighted by Gasteiger charge is 2.21. The average Bonchev–Trinajstić information content (AvgIpc) is 3.13. The highest BCUT2D eigenvalue weighted by Crippen LogP contribution is 2.14. The molecule has 3 aromatic rings. The molecule has 0 bridgehead atoms. The number of benzene rings is 2. The van der Waals surface area contributed by atoms with Gasteiger partial charge in [-0.15, -0.1) is 0 Å². The molecule has 0 saturated carbocycles. The maximum atomic E-state index is 14.1. The van der Waals surface area contributed by atoms with Crippen molar-refractivity contribution in [3.8, 4) is 0 Å². The Bertz CT molecular complexity index is 925. The number of hydrogen-bond acceptors (Lipinski definition) is 3. The quantitative estimate of drug-likeness (QED) is 0.596. The molecule has 0 aliphatic carbocycles. The van der Waals surface area contributed by atoms with Crippen molar-refractivity contribution in [2.24, 2.45) is 0 Å². The lowest BCUT2D eigenvalue weighted by atomic mass is 10.2. The molecule has 2 aromatic carbocycles. The Kier molecular flexibility index (Phi) is 6.49. The monoisotopic (exact) mass is 385 g/mol. The molecule has 0 N–H and O–H groups in total. The van der Waals surface area contributed by atoms with Gasteiger partial charge < -0.3 is 14.2 Å². The predicted octanol–water partition coefficient (Wildman–Crippen LogP) is 3.50. The number of imidazole rings is 1. The molecule has 0 radical (unpaired) electrons. The van der Waals surface area contributed by atoms with E-state index in [1.807, 2.05) is 4.57 Å². The molecule has 1 amide bonds. The Morgan fingerprint density at radius 1 is 1.14 bits per heavy atom. The third-order valence-electron chi connectivity index (χ3n) is 4.36. The van der Waals surface area contributed by atoms with Crippen LogP contribution in [0.5, 0.6) is 0 Å². The lowest BCUT2D eigenvalue weighted by Gasteiger charge is -2.23. The van der Waals surface area contributed by atoms with Crippen molar-refractivity contribution >= 4 is 5.91 Å². The summed E-state index contributed by atoms with van der Waals surface area (Å²) in [5.74, 6) is -0.642. The van der Waals surface area contributed by atoms with E-state index in [1.165, 1.54) is 29.2 Å². The molecule has 7 heteroatoms. The molecule has 0 spiro atoms. The Morgan fingerprint density at radius 3 is 2.61 bits per heavy atom. The van der Waals surface area contributed by atoms with Crippen LogP contribution in [-0.2, 0) is 17.8 Å². The van der Waals surface area contributed by atoms with Gasteiger partial charge in [-0.05, 0) is 29.8 Å². The second-order valence-corrected chi connectivity index (χ2v) is 6.30. The number of halogens is 2. The summed E-state index contributed by atoms with van der Waals surface area (Å²) in [6.45, 7) is 1.30. The number of amides is 1. The molecule has 5 nitrogen and oxygen atoms in total. The molecular weight excluding hydrogens is 364 g/mol. The number of ether oxygens (including phenoxy) is 1. The minimum absolute atomic E-state index is 0.00948. The minimum atomic E-state index is -0.565. The highest BCUT2D eigenvalue weighted by molar-refractivity contribution is 5.94. The van der Waals surface area contributed by atoms with Gasteiger partial charge in [0.2, 0.25) is 0 Å². The minimum Gasteiger partial charge on any atom is -0.383 e. The van der Waals surface area contributed by atoms with Crippen LogP contribution < -0.4 is 0 Å². The topological polar surface area (TPSA) is 47.4 Å². The van der Waals surface area contributed by atoms with Gasteiger partial charge in [-0.1, -0.05) is 24.3 Å². The summed E-state index contributed by atoms with van der Waals surface area (Å²) in [4.78, 5) is 18.7. The lowest BCUT2D eigenvalue weighted by molar-refractivity contribution is 0.0668. The number of hydrogen-bond donors (Lipinski definition) is 0. The van der Waals surface area contributed by atoms with Crippen LogP contribution in [0, 0.1) is 11.6 Å². The van der Waals surface area contributed by atoms with Crippen LogP contribution in [0.2, 0.25) is 0 Å². The molecule has 28 heavy (non-hydrogen) atoms. The van der Waals surface area contributed by atoms with Gasteiger partial charge in [0.05, 0.1) is 18.7 Å². The van der Waals surface area contributed by atoms with Gasteiger partial charge in [0.15, 0.2) is 0 Å². The number of nitrogens with zero attached hydrogens (tertiary/aromatic N) is 3. The first-order valence-corrected chi connectivity index (χ1v) is 8.85. The van der Waals surface area contributed by atoms with Crippen molar-refractivity contribution in [1.82, 2.24) is 14.5 Å². The van der Waals surface area contributed by atoms with Crippen LogP contribution in [0.1, 0.15) is 21.7 Å². The predicted molar refractivity (Wildman–Crippen MR) is 101 cm³/mol. The maximum absolute atomic E-state index is 14.1. The van der Waals surface area contributed by atoms with Crippen LogP contribution in [0.3, 0.4) is 0 Å². The molecule has 1 aromatic heterocycles. The molecule has 0 fully saturated rings. The first-order valence-electron chi connectivity index (χ1n) is 8.85. The van der Waals surface area contributed by atoms with Crippen molar-refractivity contribution in [2.75, 3.05) is 20.3 Å². The van der Waals surface area contributed by atoms with Gasteiger partial charge in [-0.2, -0.15) is 0 Å². The molecule has 0 aliphatic heterocycles. The maximum Gasteiger partial charge on any atom is 0.257 e. The summed E-state index contributed by atoms with van der Waals surface area (Å²) in [5, 5.41) is 0. The number of rotatable bonds is 8. The van der Waals surface area contributed by atoms with Gasteiger partial charge in [0.1, 0.15) is 17.5 Å². The lowest BCUT2D eigenvalue weighted by Crippen LogP contribution is -2.35. The molecule has 0 saturated heterocycles. The fourth-order valence-electron chi connectivity index (χ4n) is 2.85. The molecule has 0 aliphatic rings.